The van der Waals surface area contributed by atoms with Gasteiger partial charge in [-0.2, -0.15) is 0 Å². The number of nitrogens with two attached hydrogens (primary N) is 1. The lowest BCUT2D eigenvalue weighted by molar-refractivity contribution is -0.114. The molecule has 116 valence electrons. The fraction of sp³-hybridized carbons (Fsp3) is 0.222. The van der Waals surface area contributed by atoms with Crippen molar-refractivity contribution in [2.75, 3.05) is 11.1 Å². The fourth-order valence-corrected chi connectivity index (χ4v) is 2.01. The van der Waals surface area contributed by atoms with Crippen molar-refractivity contribution in [2.24, 2.45) is 0 Å². The van der Waals surface area contributed by atoms with Gasteiger partial charge in [-0.25, -0.2) is 0 Å². The molecular formula is C18H23N3O. The SMILES string of the molecule is CC.CC(=O)Nc1ccc(N)c(C(=N)c2cccc(C)c2)c1. The lowest BCUT2D eigenvalue weighted by atomic mass is 9.99. The Balaban J connectivity index is 0.00000116. The molecule has 4 heteroatoms. The molecule has 0 aliphatic carbocycles. The smallest absolute Gasteiger partial charge is 0.221 e. The van der Waals surface area contributed by atoms with Gasteiger partial charge in [0.2, 0.25) is 5.91 Å². The third kappa shape index (κ3) is 4.45. The largest absolute Gasteiger partial charge is 0.398 e. The summed E-state index contributed by atoms with van der Waals surface area (Å²) in [5, 5.41) is 11.0. The van der Waals surface area contributed by atoms with Crippen molar-refractivity contribution >= 4 is 23.0 Å². The molecule has 0 aliphatic rings. The minimum absolute atomic E-state index is 0.150. The van der Waals surface area contributed by atoms with Crippen LogP contribution in [0.2, 0.25) is 0 Å². The van der Waals surface area contributed by atoms with Crippen molar-refractivity contribution < 1.29 is 4.79 Å². The first-order valence-electron chi connectivity index (χ1n) is 7.30. The van der Waals surface area contributed by atoms with Crippen molar-refractivity contribution in [3.63, 3.8) is 0 Å². The number of nitrogen functional groups attached to an aromatic ring is 1. The summed E-state index contributed by atoms with van der Waals surface area (Å²) in [4.78, 5) is 11.1. The molecule has 4 N–H and O–H groups in total. The highest BCUT2D eigenvalue weighted by atomic mass is 16.1. The molecule has 0 radical (unpaired) electrons. The van der Waals surface area contributed by atoms with Crippen LogP contribution in [0, 0.1) is 12.3 Å². The number of carbonyl (C=O) groups excluding carboxylic acids is 1. The maximum atomic E-state index is 11.1. The number of carbonyl (C=O) groups is 1. The molecule has 0 saturated carbocycles. The lowest BCUT2D eigenvalue weighted by Crippen LogP contribution is -2.09. The fourth-order valence-electron chi connectivity index (χ4n) is 2.01. The Labute approximate surface area is 131 Å². The first-order chi connectivity index (χ1) is 10.5. The summed E-state index contributed by atoms with van der Waals surface area (Å²) < 4.78 is 0. The van der Waals surface area contributed by atoms with E-state index >= 15 is 0 Å². The van der Waals surface area contributed by atoms with E-state index in [1.54, 1.807) is 18.2 Å². The van der Waals surface area contributed by atoms with Crippen LogP contribution in [0.15, 0.2) is 42.5 Å². The monoisotopic (exact) mass is 297 g/mol. The first-order valence-corrected chi connectivity index (χ1v) is 7.30. The Kier molecular flexibility index (Phi) is 6.32. The van der Waals surface area contributed by atoms with Crippen molar-refractivity contribution in [1.82, 2.24) is 0 Å². The van der Waals surface area contributed by atoms with Gasteiger partial charge in [-0.1, -0.05) is 37.6 Å². The number of hydrogen-bond acceptors (Lipinski definition) is 3. The summed E-state index contributed by atoms with van der Waals surface area (Å²) in [6.45, 7) is 7.43. The van der Waals surface area contributed by atoms with Crippen LogP contribution in [0.4, 0.5) is 11.4 Å². The van der Waals surface area contributed by atoms with E-state index in [-0.39, 0.29) is 5.91 Å². The lowest BCUT2D eigenvalue weighted by Gasteiger charge is -2.11. The molecule has 0 bridgehead atoms. The van der Waals surface area contributed by atoms with Gasteiger partial charge in [-0.05, 0) is 31.2 Å². The summed E-state index contributed by atoms with van der Waals surface area (Å²) in [5.74, 6) is -0.150. The second-order valence-electron chi connectivity index (χ2n) is 4.73. The van der Waals surface area contributed by atoms with Crippen LogP contribution in [0.3, 0.4) is 0 Å². The molecule has 2 aromatic carbocycles. The maximum Gasteiger partial charge on any atom is 0.221 e. The van der Waals surface area contributed by atoms with Gasteiger partial charge in [-0.3, -0.25) is 10.2 Å². The summed E-state index contributed by atoms with van der Waals surface area (Å²) in [7, 11) is 0. The molecule has 0 atom stereocenters. The Morgan fingerprint density at radius 1 is 1.14 bits per heavy atom. The van der Waals surface area contributed by atoms with Crippen LogP contribution in [-0.4, -0.2) is 11.6 Å². The topological polar surface area (TPSA) is 79.0 Å². The van der Waals surface area contributed by atoms with Gasteiger partial charge in [0.1, 0.15) is 0 Å². The number of nitrogens with one attached hydrogen (secondary N) is 2. The molecule has 22 heavy (non-hydrogen) atoms. The Bertz CT molecular complexity index is 678. The van der Waals surface area contributed by atoms with Gasteiger partial charge in [0.15, 0.2) is 0 Å². The molecule has 0 unspecified atom stereocenters. The first kappa shape index (κ1) is 17.4. The van der Waals surface area contributed by atoms with Crippen molar-refractivity contribution in [2.45, 2.75) is 27.7 Å². The van der Waals surface area contributed by atoms with Crippen molar-refractivity contribution in [3.05, 3.63) is 59.2 Å². The second-order valence-corrected chi connectivity index (χ2v) is 4.73. The predicted molar refractivity (Wildman–Crippen MR) is 93.6 cm³/mol. The van der Waals surface area contributed by atoms with Crippen molar-refractivity contribution in [1.29, 1.82) is 5.41 Å². The van der Waals surface area contributed by atoms with Crippen LogP contribution in [0.25, 0.3) is 0 Å². The molecule has 2 rings (SSSR count). The highest BCUT2D eigenvalue weighted by Crippen LogP contribution is 2.21. The number of rotatable bonds is 3. The summed E-state index contributed by atoms with van der Waals surface area (Å²) in [6.07, 6.45) is 0. The van der Waals surface area contributed by atoms with Crippen LogP contribution in [-0.2, 0) is 4.79 Å². The van der Waals surface area contributed by atoms with E-state index in [4.69, 9.17) is 11.1 Å². The Hall–Kier alpha value is -2.62. The molecule has 0 spiro atoms. The average Bonchev–Trinajstić information content (AvgIpc) is 2.50. The second kappa shape index (κ2) is 7.98. The third-order valence-corrected chi connectivity index (χ3v) is 2.95. The van der Waals surface area contributed by atoms with Crippen LogP contribution in [0.1, 0.15) is 37.5 Å². The minimum atomic E-state index is -0.150. The highest BCUT2D eigenvalue weighted by Gasteiger charge is 2.10. The number of anilines is 2. The van der Waals surface area contributed by atoms with Gasteiger partial charge in [0.05, 0.1) is 5.71 Å². The molecule has 2 aromatic rings. The van der Waals surface area contributed by atoms with E-state index in [0.29, 0.717) is 22.6 Å². The zero-order chi connectivity index (χ0) is 16.7. The molecule has 1 amide bonds. The quantitative estimate of drug-likeness (QED) is 0.592. The van der Waals surface area contributed by atoms with Crippen LogP contribution >= 0.6 is 0 Å². The summed E-state index contributed by atoms with van der Waals surface area (Å²) in [5.41, 5.74) is 9.95. The number of benzene rings is 2. The number of hydrogen-bond donors (Lipinski definition) is 3. The van der Waals surface area contributed by atoms with E-state index < -0.39 is 0 Å². The van der Waals surface area contributed by atoms with Crippen LogP contribution in [0.5, 0.6) is 0 Å². The molecule has 0 aromatic heterocycles. The third-order valence-electron chi connectivity index (χ3n) is 2.95. The molecule has 0 heterocycles. The standard InChI is InChI=1S/C16H17N3O.C2H6/c1-10-4-3-5-12(8-10)16(18)14-9-13(19-11(2)20)6-7-15(14)17;1-2/h3-9,18H,17H2,1-2H3,(H,19,20);1-2H3. The van der Waals surface area contributed by atoms with Gasteiger partial charge >= 0.3 is 0 Å². The van der Waals surface area contributed by atoms with Gasteiger partial charge in [-0.15, -0.1) is 0 Å². The van der Waals surface area contributed by atoms with Gasteiger partial charge < -0.3 is 11.1 Å². The summed E-state index contributed by atoms with van der Waals surface area (Å²) >= 11 is 0. The molecular weight excluding hydrogens is 274 g/mol. The van der Waals surface area contributed by atoms with Crippen LogP contribution < -0.4 is 11.1 Å². The van der Waals surface area contributed by atoms with Crippen molar-refractivity contribution in [3.8, 4) is 0 Å². The van der Waals surface area contributed by atoms with E-state index in [9.17, 15) is 4.79 Å². The summed E-state index contributed by atoms with van der Waals surface area (Å²) in [6, 6.07) is 12.9. The zero-order valence-corrected chi connectivity index (χ0v) is 13.5. The zero-order valence-electron chi connectivity index (χ0n) is 13.5. The normalized spacial score (nSPS) is 9.45. The van der Waals surface area contributed by atoms with E-state index in [0.717, 1.165) is 11.1 Å². The Morgan fingerprint density at radius 3 is 2.41 bits per heavy atom. The van der Waals surface area contributed by atoms with E-state index in [2.05, 4.69) is 5.32 Å². The highest BCUT2D eigenvalue weighted by molar-refractivity contribution is 6.14. The molecule has 0 aliphatic heterocycles. The maximum absolute atomic E-state index is 11.1. The minimum Gasteiger partial charge on any atom is -0.398 e. The molecule has 0 saturated heterocycles. The molecule has 4 nitrogen and oxygen atoms in total. The molecule has 0 fully saturated rings. The average molecular weight is 297 g/mol. The number of amides is 1. The number of aryl methyl sites for hydroxylation is 1. The van der Waals surface area contributed by atoms with E-state index in [1.165, 1.54) is 6.92 Å². The van der Waals surface area contributed by atoms with E-state index in [1.807, 2.05) is 45.0 Å². The van der Waals surface area contributed by atoms with Gasteiger partial charge in [0, 0.05) is 29.4 Å². The predicted octanol–water partition coefficient (Wildman–Crippen LogP) is 3.98. The Morgan fingerprint density at radius 2 is 1.82 bits per heavy atom. The van der Waals surface area contributed by atoms with Gasteiger partial charge in [0.25, 0.3) is 0 Å².